The minimum Gasteiger partial charge on any atom is -0.508 e. The maximum Gasteiger partial charge on any atom is 0.255 e. The smallest absolute Gasteiger partial charge is 0.255 e. The molecule has 0 atom stereocenters. The zero-order valence-corrected chi connectivity index (χ0v) is 11.3. The summed E-state index contributed by atoms with van der Waals surface area (Å²) < 4.78 is 0. The Hall–Kier alpha value is -1.52. The van der Waals surface area contributed by atoms with Crippen LogP contribution >= 0.6 is 22.9 Å². The van der Waals surface area contributed by atoms with E-state index in [1.807, 2.05) is 16.8 Å². The number of phenolic OH excluding ortho intramolecular Hbond substituents is 1. The van der Waals surface area contributed by atoms with Gasteiger partial charge in [0.2, 0.25) is 0 Å². The molecule has 18 heavy (non-hydrogen) atoms. The molecule has 1 aromatic carbocycles. The first-order chi connectivity index (χ1) is 8.58. The molecular weight excluding hydrogens is 270 g/mol. The lowest BCUT2D eigenvalue weighted by Crippen LogP contribution is -2.26. The van der Waals surface area contributed by atoms with Crippen molar-refractivity contribution in [2.75, 3.05) is 7.05 Å². The highest BCUT2D eigenvalue weighted by Gasteiger charge is 2.16. The molecule has 1 amide bonds. The molecule has 0 saturated heterocycles. The molecule has 3 nitrogen and oxygen atoms in total. The molecule has 0 fully saturated rings. The Balaban J connectivity index is 2.17. The normalized spacial score (nSPS) is 10.3. The van der Waals surface area contributed by atoms with Crippen molar-refractivity contribution in [2.45, 2.75) is 6.54 Å². The second-order valence-corrected chi connectivity index (χ2v) is 5.14. The Morgan fingerprint density at radius 1 is 1.44 bits per heavy atom. The van der Waals surface area contributed by atoms with Crippen LogP contribution in [-0.2, 0) is 6.54 Å². The summed E-state index contributed by atoms with van der Waals surface area (Å²) in [6.45, 7) is 0.522. The molecule has 2 aromatic rings. The van der Waals surface area contributed by atoms with E-state index >= 15 is 0 Å². The highest BCUT2D eigenvalue weighted by molar-refractivity contribution is 7.07. The van der Waals surface area contributed by atoms with E-state index in [4.69, 9.17) is 11.6 Å². The molecule has 0 unspecified atom stereocenters. The summed E-state index contributed by atoms with van der Waals surface area (Å²) in [5, 5.41) is 13.7. The summed E-state index contributed by atoms with van der Waals surface area (Å²) in [6, 6.07) is 6.33. The maximum atomic E-state index is 12.2. The molecule has 94 valence electrons. The summed E-state index contributed by atoms with van der Waals surface area (Å²) in [5.41, 5.74) is 1.39. The van der Waals surface area contributed by atoms with Crippen molar-refractivity contribution < 1.29 is 9.90 Å². The number of amides is 1. The van der Waals surface area contributed by atoms with Crippen LogP contribution < -0.4 is 0 Å². The summed E-state index contributed by atoms with van der Waals surface area (Å²) >= 11 is 7.55. The molecule has 1 aromatic heterocycles. The molecule has 0 aliphatic heterocycles. The third-order valence-electron chi connectivity index (χ3n) is 2.53. The van der Waals surface area contributed by atoms with Crippen molar-refractivity contribution in [3.8, 4) is 5.75 Å². The topological polar surface area (TPSA) is 40.5 Å². The zero-order chi connectivity index (χ0) is 13.1. The van der Waals surface area contributed by atoms with Crippen LogP contribution in [0.4, 0.5) is 0 Å². The summed E-state index contributed by atoms with van der Waals surface area (Å²) in [7, 11) is 1.71. The fourth-order valence-electron chi connectivity index (χ4n) is 1.61. The number of nitrogens with zero attached hydrogens (tertiary/aromatic N) is 1. The molecule has 0 radical (unpaired) electrons. The number of carbonyl (C=O) groups excluding carboxylic acids is 1. The molecule has 5 heteroatoms. The lowest BCUT2D eigenvalue weighted by Gasteiger charge is -2.17. The van der Waals surface area contributed by atoms with Crippen LogP contribution in [0.2, 0.25) is 5.02 Å². The fraction of sp³-hybridized carbons (Fsp3) is 0.154. The summed E-state index contributed by atoms with van der Waals surface area (Å²) in [4.78, 5) is 13.7. The van der Waals surface area contributed by atoms with E-state index in [1.54, 1.807) is 23.3 Å². The van der Waals surface area contributed by atoms with Crippen LogP contribution in [0.1, 0.15) is 15.9 Å². The van der Waals surface area contributed by atoms with E-state index in [-0.39, 0.29) is 11.7 Å². The lowest BCUT2D eigenvalue weighted by atomic mass is 10.2. The van der Waals surface area contributed by atoms with E-state index < -0.39 is 0 Å². The quantitative estimate of drug-likeness (QED) is 0.937. The van der Waals surface area contributed by atoms with Gasteiger partial charge in [-0.15, -0.1) is 0 Å². The van der Waals surface area contributed by atoms with Gasteiger partial charge >= 0.3 is 0 Å². The second kappa shape index (κ2) is 5.42. The van der Waals surface area contributed by atoms with Gasteiger partial charge in [-0.1, -0.05) is 11.6 Å². The Bertz CT molecular complexity index is 554. The van der Waals surface area contributed by atoms with Crippen LogP contribution in [0.15, 0.2) is 35.0 Å². The summed E-state index contributed by atoms with van der Waals surface area (Å²) in [5.74, 6) is -0.172. The average molecular weight is 282 g/mol. The van der Waals surface area contributed by atoms with E-state index in [2.05, 4.69) is 0 Å². The largest absolute Gasteiger partial charge is 0.508 e. The van der Waals surface area contributed by atoms with Gasteiger partial charge < -0.3 is 10.0 Å². The maximum absolute atomic E-state index is 12.2. The lowest BCUT2D eigenvalue weighted by molar-refractivity contribution is 0.0785. The molecule has 0 saturated carbocycles. The molecule has 0 aliphatic rings. The van der Waals surface area contributed by atoms with Crippen molar-refractivity contribution in [1.82, 2.24) is 4.90 Å². The number of hydrogen-bond acceptors (Lipinski definition) is 3. The monoisotopic (exact) mass is 281 g/mol. The van der Waals surface area contributed by atoms with Gasteiger partial charge in [0.25, 0.3) is 5.91 Å². The standard InChI is InChI=1S/C13H12ClNO2S/c1-15(7-9-4-5-18-8-9)13(17)11-6-10(16)2-3-12(11)14/h2-6,8,16H,7H2,1H3. The minimum atomic E-state index is -0.206. The van der Waals surface area contributed by atoms with Crippen molar-refractivity contribution in [3.05, 3.63) is 51.2 Å². The molecule has 0 spiro atoms. The Kier molecular flexibility index (Phi) is 3.89. The van der Waals surface area contributed by atoms with E-state index in [0.717, 1.165) is 5.56 Å². The number of benzene rings is 1. The molecule has 1 N–H and O–H groups in total. The summed E-state index contributed by atoms with van der Waals surface area (Å²) in [6.07, 6.45) is 0. The molecule has 0 aliphatic carbocycles. The molecular formula is C13H12ClNO2S. The van der Waals surface area contributed by atoms with Gasteiger partial charge in [0.05, 0.1) is 10.6 Å². The Morgan fingerprint density at radius 3 is 2.89 bits per heavy atom. The first-order valence-electron chi connectivity index (χ1n) is 5.33. The number of carbonyl (C=O) groups is 1. The van der Waals surface area contributed by atoms with Crippen LogP contribution in [0.3, 0.4) is 0 Å². The van der Waals surface area contributed by atoms with Gasteiger partial charge in [-0.05, 0) is 40.6 Å². The number of thiophene rings is 1. The SMILES string of the molecule is CN(Cc1ccsc1)C(=O)c1cc(O)ccc1Cl. The number of aromatic hydroxyl groups is 1. The van der Waals surface area contributed by atoms with Crippen molar-refractivity contribution >= 4 is 28.8 Å². The third kappa shape index (κ3) is 2.83. The van der Waals surface area contributed by atoms with Gasteiger partial charge in [-0.2, -0.15) is 11.3 Å². The molecule has 2 rings (SSSR count). The van der Waals surface area contributed by atoms with E-state index in [1.165, 1.54) is 18.2 Å². The first kappa shape index (κ1) is 12.9. The fourth-order valence-corrected chi connectivity index (χ4v) is 2.47. The predicted octanol–water partition coefficient (Wildman–Crippen LogP) is 3.38. The van der Waals surface area contributed by atoms with E-state index in [9.17, 15) is 9.90 Å². The number of rotatable bonds is 3. The highest BCUT2D eigenvalue weighted by Crippen LogP contribution is 2.23. The highest BCUT2D eigenvalue weighted by atomic mass is 35.5. The average Bonchev–Trinajstić information content (AvgIpc) is 2.84. The molecule has 0 bridgehead atoms. The van der Waals surface area contributed by atoms with Gasteiger partial charge in [0.15, 0.2) is 0 Å². The van der Waals surface area contributed by atoms with Gasteiger partial charge in [-0.3, -0.25) is 4.79 Å². The zero-order valence-electron chi connectivity index (χ0n) is 9.76. The number of halogens is 1. The number of phenols is 1. The van der Waals surface area contributed by atoms with Crippen LogP contribution in [0.25, 0.3) is 0 Å². The third-order valence-corrected chi connectivity index (χ3v) is 3.59. The van der Waals surface area contributed by atoms with Crippen LogP contribution in [-0.4, -0.2) is 23.0 Å². The molecule has 1 heterocycles. The number of hydrogen-bond donors (Lipinski definition) is 1. The first-order valence-corrected chi connectivity index (χ1v) is 6.65. The van der Waals surface area contributed by atoms with E-state index in [0.29, 0.717) is 17.1 Å². The second-order valence-electron chi connectivity index (χ2n) is 3.96. The van der Waals surface area contributed by atoms with Crippen LogP contribution in [0.5, 0.6) is 5.75 Å². The Labute approximate surface area is 114 Å². The van der Waals surface area contributed by atoms with Crippen molar-refractivity contribution in [1.29, 1.82) is 0 Å². The van der Waals surface area contributed by atoms with Gasteiger partial charge in [0, 0.05) is 13.6 Å². The predicted molar refractivity (Wildman–Crippen MR) is 73.2 cm³/mol. The minimum absolute atomic E-state index is 0.0340. The van der Waals surface area contributed by atoms with Crippen LogP contribution in [0, 0.1) is 0 Å². The van der Waals surface area contributed by atoms with Gasteiger partial charge in [-0.25, -0.2) is 0 Å². The van der Waals surface area contributed by atoms with Crippen molar-refractivity contribution in [3.63, 3.8) is 0 Å². The Morgan fingerprint density at radius 2 is 2.22 bits per heavy atom. The van der Waals surface area contributed by atoms with Crippen molar-refractivity contribution in [2.24, 2.45) is 0 Å². The van der Waals surface area contributed by atoms with Gasteiger partial charge in [0.1, 0.15) is 5.75 Å².